The number of nitrogens with one attached hydrogen (secondary N) is 3. The zero-order chi connectivity index (χ0) is 62.3. The molecule has 0 unspecified atom stereocenters. The van der Waals surface area contributed by atoms with Gasteiger partial charge in [-0.3, -0.25) is 33.6 Å². The summed E-state index contributed by atoms with van der Waals surface area (Å²) in [6.07, 6.45) is 27.6. The van der Waals surface area contributed by atoms with E-state index in [9.17, 15) is 38.4 Å². The third-order valence-corrected chi connectivity index (χ3v) is 15.4. The van der Waals surface area contributed by atoms with E-state index in [4.69, 9.17) is 33.2 Å². The zero-order valence-electron chi connectivity index (χ0n) is 53.5. The molecule has 18 heteroatoms. The number of unbranched alkanes of at least 4 members (excludes halogenated alkanes) is 28. The topological polar surface area (TPSA) is 237 Å². The highest BCUT2D eigenvalue weighted by atomic mass is 16.7. The Bertz CT molecular complexity index is 1990. The van der Waals surface area contributed by atoms with Gasteiger partial charge in [0.2, 0.25) is 17.7 Å². The molecule has 8 atom stereocenters. The molecule has 0 aromatic heterocycles. The average molecular weight is 1200 g/mol. The Morgan fingerprint density at radius 1 is 0.529 bits per heavy atom. The molecule has 0 saturated carbocycles. The van der Waals surface area contributed by atoms with Crippen LogP contribution in [-0.4, -0.2) is 110 Å². The fourth-order valence-corrected chi connectivity index (χ4v) is 10.5. The number of carbonyl (C=O) groups is 8. The van der Waals surface area contributed by atoms with Crippen LogP contribution in [0.3, 0.4) is 0 Å². The molecule has 1 saturated heterocycles. The van der Waals surface area contributed by atoms with Crippen molar-refractivity contribution < 1.29 is 71.5 Å². The Hall–Kier alpha value is -5.10. The van der Waals surface area contributed by atoms with Crippen molar-refractivity contribution in [1.82, 2.24) is 16.0 Å². The molecular weight excluding hydrogens is 1090 g/mol. The lowest BCUT2D eigenvalue weighted by Gasteiger charge is -2.45. The van der Waals surface area contributed by atoms with Crippen molar-refractivity contribution in [1.29, 1.82) is 0 Å². The quantitative estimate of drug-likeness (QED) is 0.0312. The summed E-state index contributed by atoms with van der Waals surface area (Å²) in [4.78, 5) is 107. The normalized spacial score (nSPS) is 17.6. The number of hydrogen-bond acceptors (Lipinski definition) is 15. The molecular formula is C67H113N3O15. The monoisotopic (exact) mass is 1200 g/mol. The molecule has 0 aliphatic carbocycles. The molecule has 486 valence electrons. The van der Waals surface area contributed by atoms with Gasteiger partial charge in [-0.1, -0.05) is 231 Å². The van der Waals surface area contributed by atoms with Crippen LogP contribution in [-0.2, 0) is 78.1 Å². The summed E-state index contributed by atoms with van der Waals surface area (Å²) in [6.45, 7) is 10.3. The van der Waals surface area contributed by atoms with Crippen LogP contribution in [0.25, 0.3) is 0 Å². The van der Waals surface area contributed by atoms with E-state index >= 15 is 0 Å². The summed E-state index contributed by atoms with van der Waals surface area (Å²) in [6, 6.07) is 4.96. The van der Waals surface area contributed by atoms with E-state index < -0.39 is 110 Å². The molecule has 2 rings (SSSR count). The lowest BCUT2D eigenvalue weighted by Crippen LogP contribution is -2.67. The molecule has 1 fully saturated rings. The Morgan fingerprint density at radius 3 is 1.49 bits per heavy atom. The summed E-state index contributed by atoms with van der Waals surface area (Å²) in [5, 5.41) is 8.26. The molecule has 3 amide bonds. The minimum absolute atomic E-state index is 0.0392. The fourth-order valence-electron chi connectivity index (χ4n) is 10.5. The van der Waals surface area contributed by atoms with Gasteiger partial charge in [0.05, 0.1) is 13.0 Å². The maximum absolute atomic E-state index is 14.5. The SMILES string of the molecule is CCCCCCCCCCCCCC(=O)N[C@@H](CO[C@@H]1O[C@H](COC(C)=O)[C@@H](OC(C)=O)[C@H](OC(C)=O)[C@H]1NC(=O)C[C@@H](CCCCCCCCCCC)OC(=O)CCCCCCCCCCCCC)C(=O)N[C@H](C)C(=O)OCc1ccccc1. The molecule has 85 heavy (non-hydrogen) atoms. The highest BCUT2D eigenvalue weighted by Crippen LogP contribution is 2.29. The standard InChI is InChI=1S/C67H113N3O15/c1-8-11-14-17-20-23-25-28-31-34-40-45-59(74)69-57(65(77)68-51(4)66(78)80-48-55-42-37-36-38-43-55)49-81-67-62(64(83-54(7)73)63(82-53(6)72)58(85-67)50-79-52(5)71)70-60(75)47-56(44-39-33-30-27-22-19-16-13-10-3)84-61(76)46-41-35-32-29-26-24-21-18-15-12-9-2/h36-38,42-43,51,56-58,62-64,67H,8-35,39-41,44-50H2,1-7H3,(H,68,77)(H,69,74)(H,70,75)/t51-,56-,57+,58-,62-,63-,64-,67-/m1/s1. The van der Waals surface area contributed by atoms with E-state index in [-0.39, 0.29) is 25.9 Å². The smallest absolute Gasteiger partial charge is 0.328 e. The number of carbonyl (C=O) groups excluding carboxylic acids is 8. The first-order chi connectivity index (χ1) is 41.1. The number of amides is 3. The van der Waals surface area contributed by atoms with Crippen LogP contribution in [0.1, 0.15) is 279 Å². The lowest BCUT2D eigenvalue weighted by atomic mass is 9.95. The van der Waals surface area contributed by atoms with Crippen molar-refractivity contribution in [2.45, 2.75) is 329 Å². The molecule has 0 spiro atoms. The van der Waals surface area contributed by atoms with Crippen LogP contribution in [0.4, 0.5) is 0 Å². The van der Waals surface area contributed by atoms with Crippen molar-refractivity contribution >= 4 is 47.6 Å². The summed E-state index contributed by atoms with van der Waals surface area (Å²) in [5.74, 6) is -5.35. The van der Waals surface area contributed by atoms with Gasteiger partial charge in [-0.25, -0.2) is 4.79 Å². The van der Waals surface area contributed by atoms with Crippen molar-refractivity contribution in [2.24, 2.45) is 0 Å². The van der Waals surface area contributed by atoms with E-state index in [1.165, 1.54) is 123 Å². The van der Waals surface area contributed by atoms with Crippen molar-refractivity contribution in [2.75, 3.05) is 13.2 Å². The van der Waals surface area contributed by atoms with E-state index in [1.54, 1.807) is 12.1 Å². The number of hydrogen-bond donors (Lipinski definition) is 3. The van der Waals surface area contributed by atoms with Gasteiger partial charge in [0.15, 0.2) is 18.5 Å². The van der Waals surface area contributed by atoms with Gasteiger partial charge >= 0.3 is 29.8 Å². The van der Waals surface area contributed by atoms with Crippen LogP contribution < -0.4 is 16.0 Å². The highest BCUT2D eigenvalue weighted by Gasteiger charge is 2.52. The molecule has 0 radical (unpaired) electrons. The van der Waals surface area contributed by atoms with Gasteiger partial charge in [-0.05, 0) is 38.2 Å². The van der Waals surface area contributed by atoms with E-state index in [1.807, 2.05) is 18.2 Å². The Morgan fingerprint density at radius 2 is 1.00 bits per heavy atom. The predicted molar refractivity (Wildman–Crippen MR) is 329 cm³/mol. The first kappa shape index (κ1) is 76.0. The number of esters is 5. The minimum atomic E-state index is -1.62. The second-order valence-corrected chi connectivity index (χ2v) is 23.4. The molecule has 0 bridgehead atoms. The Balaban J connectivity index is 2.41. The van der Waals surface area contributed by atoms with Crippen molar-refractivity contribution in [3.63, 3.8) is 0 Å². The summed E-state index contributed by atoms with van der Waals surface area (Å²) in [7, 11) is 0. The highest BCUT2D eigenvalue weighted by molar-refractivity contribution is 5.90. The Kier molecular flexibility index (Phi) is 43.8. The average Bonchev–Trinajstić information content (AvgIpc) is 2.88. The van der Waals surface area contributed by atoms with Crippen LogP contribution in [0.15, 0.2) is 30.3 Å². The van der Waals surface area contributed by atoms with E-state index in [2.05, 4.69) is 36.7 Å². The minimum Gasteiger partial charge on any atom is -0.463 e. The van der Waals surface area contributed by atoms with Crippen molar-refractivity contribution in [3.05, 3.63) is 35.9 Å². The second kappa shape index (κ2) is 49.0. The van der Waals surface area contributed by atoms with E-state index in [0.29, 0.717) is 25.7 Å². The number of benzene rings is 1. The molecule has 18 nitrogen and oxygen atoms in total. The maximum Gasteiger partial charge on any atom is 0.328 e. The van der Waals surface area contributed by atoms with Crippen LogP contribution in [0.2, 0.25) is 0 Å². The number of rotatable bonds is 51. The van der Waals surface area contributed by atoms with Gasteiger partial charge in [0.1, 0.15) is 43.5 Å². The third-order valence-electron chi connectivity index (χ3n) is 15.4. The third kappa shape index (κ3) is 37.9. The maximum atomic E-state index is 14.5. The summed E-state index contributed by atoms with van der Waals surface area (Å²) >= 11 is 0. The van der Waals surface area contributed by atoms with E-state index in [0.717, 1.165) is 90.0 Å². The molecule has 1 aromatic carbocycles. The molecule has 1 aliphatic rings. The molecule has 3 N–H and O–H groups in total. The first-order valence-electron chi connectivity index (χ1n) is 33.1. The van der Waals surface area contributed by atoms with Gasteiger partial charge in [-0.2, -0.15) is 0 Å². The van der Waals surface area contributed by atoms with Gasteiger partial charge in [0.25, 0.3) is 0 Å². The molecule has 1 aliphatic heterocycles. The second-order valence-electron chi connectivity index (χ2n) is 23.4. The summed E-state index contributed by atoms with van der Waals surface area (Å²) in [5.41, 5.74) is 0.740. The molecule has 1 aromatic rings. The largest absolute Gasteiger partial charge is 0.463 e. The Labute approximate surface area is 510 Å². The zero-order valence-corrected chi connectivity index (χ0v) is 53.5. The van der Waals surface area contributed by atoms with Crippen molar-refractivity contribution in [3.8, 4) is 0 Å². The van der Waals surface area contributed by atoms with Crippen LogP contribution in [0.5, 0.6) is 0 Å². The first-order valence-corrected chi connectivity index (χ1v) is 33.1. The molecule has 1 heterocycles. The lowest BCUT2D eigenvalue weighted by molar-refractivity contribution is -0.278. The van der Waals surface area contributed by atoms with Crippen LogP contribution in [0, 0.1) is 0 Å². The fraction of sp³-hybridized carbons (Fsp3) is 0.791. The van der Waals surface area contributed by atoms with Gasteiger partial charge in [0, 0.05) is 33.6 Å². The van der Waals surface area contributed by atoms with Gasteiger partial charge in [-0.15, -0.1) is 0 Å². The van der Waals surface area contributed by atoms with Gasteiger partial charge < -0.3 is 49.1 Å². The summed E-state index contributed by atoms with van der Waals surface area (Å²) < 4.78 is 41.1. The van der Waals surface area contributed by atoms with Crippen LogP contribution >= 0.6 is 0 Å². The predicted octanol–water partition coefficient (Wildman–Crippen LogP) is 13.0. The number of ether oxygens (including phenoxy) is 7.